The van der Waals surface area contributed by atoms with Crippen LogP contribution in [0.3, 0.4) is 0 Å². The quantitative estimate of drug-likeness (QED) is 0.812. The Bertz CT molecular complexity index is 289. The molecular weight excluding hydrogens is 248 g/mol. The zero-order valence-corrected chi connectivity index (χ0v) is 13.4. The first-order valence-corrected chi connectivity index (χ1v) is 8.61. The minimum atomic E-state index is 0.188. The van der Waals surface area contributed by atoms with Gasteiger partial charge in [0.15, 0.2) is 0 Å². The van der Waals surface area contributed by atoms with Crippen molar-refractivity contribution in [1.82, 2.24) is 10.2 Å². The van der Waals surface area contributed by atoms with Crippen molar-refractivity contribution < 1.29 is 4.79 Å². The van der Waals surface area contributed by atoms with Gasteiger partial charge in [-0.1, -0.05) is 26.7 Å². The summed E-state index contributed by atoms with van der Waals surface area (Å²) in [7, 11) is 0. The van der Waals surface area contributed by atoms with E-state index in [1.807, 2.05) is 13.8 Å². The fourth-order valence-electron chi connectivity index (χ4n) is 3.48. The number of carbonyl (C=O) groups excluding carboxylic acids is 1. The molecular formula is C17H32N2O. The van der Waals surface area contributed by atoms with E-state index in [1.165, 1.54) is 51.6 Å². The van der Waals surface area contributed by atoms with Gasteiger partial charge in [-0.05, 0) is 63.7 Å². The Balaban J connectivity index is 1.60. The van der Waals surface area contributed by atoms with Crippen molar-refractivity contribution in [1.29, 1.82) is 0 Å². The van der Waals surface area contributed by atoms with E-state index in [0.29, 0.717) is 12.3 Å². The first-order chi connectivity index (χ1) is 9.65. The third kappa shape index (κ3) is 5.17. The number of ketones is 1. The van der Waals surface area contributed by atoms with Gasteiger partial charge in [0.1, 0.15) is 5.78 Å². The summed E-state index contributed by atoms with van der Waals surface area (Å²) in [6, 6.07) is 0. The van der Waals surface area contributed by atoms with Gasteiger partial charge in [-0.25, -0.2) is 0 Å². The minimum absolute atomic E-state index is 0.188. The molecule has 1 N–H and O–H groups in total. The second kappa shape index (κ2) is 8.14. The minimum Gasteiger partial charge on any atom is -0.317 e. The summed E-state index contributed by atoms with van der Waals surface area (Å²) in [6.45, 7) is 9.41. The van der Waals surface area contributed by atoms with Gasteiger partial charge in [0.25, 0.3) is 0 Å². The van der Waals surface area contributed by atoms with E-state index in [2.05, 4.69) is 10.2 Å². The first-order valence-electron chi connectivity index (χ1n) is 8.61. The lowest BCUT2D eigenvalue weighted by Crippen LogP contribution is -2.38. The van der Waals surface area contributed by atoms with Crippen LogP contribution in [-0.2, 0) is 4.79 Å². The molecule has 20 heavy (non-hydrogen) atoms. The molecule has 2 heterocycles. The third-order valence-corrected chi connectivity index (χ3v) is 5.17. The van der Waals surface area contributed by atoms with Crippen molar-refractivity contribution in [2.45, 2.75) is 52.4 Å². The number of piperidine rings is 2. The highest BCUT2D eigenvalue weighted by atomic mass is 16.1. The van der Waals surface area contributed by atoms with Crippen molar-refractivity contribution in [3.05, 3.63) is 0 Å². The third-order valence-electron chi connectivity index (χ3n) is 5.17. The lowest BCUT2D eigenvalue weighted by atomic mass is 9.85. The van der Waals surface area contributed by atoms with Crippen molar-refractivity contribution in [2.24, 2.45) is 17.8 Å². The van der Waals surface area contributed by atoms with Crippen LogP contribution in [0.15, 0.2) is 0 Å². The molecule has 0 amide bonds. The fraction of sp³-hybridized carbons (Fsp3) is 0.941. The maximum atomic E-state index is 11.8. The number of hydrogen-bond acceptors (Lipinski definition) is 3. The van der Waals surface area contributed by atoms with Crippen molar-refractivity contribution in [3.8, 4) is 0 Å². The maximum Gasteiger partial charge on any atom is 0.149 e. The molecule has 2 aliphatic rings. The van der Waals surface area contributed by atoms with Gasteiger partial charge in [-0.15, -0.1) is 0 Å². The van der Waals surface area contributed by atoms with Crippen LogP contribution in [0, 0.1) is 17.8 Å². The Kier molecular flexibility index (Phi) is 6.50. The van der Waals surface area contributed by atoms with E-state index >= 15 is 0 Å². The zero-order valence-electron chi connectivity index (χ0n) is 13.4. The predicted molar refractivity (Wildman–Crippen MR) is 83.8 cm³/mol. The smallest absolute Gasteiger partial charge is 0.149 e. The summed E-state index contributed by atoms with van der Waals surface area (Å²) >= 11 is 0. The molecule has 116 valence electrons. The van der Waals surface area contributed by atoms with Gasteiger partial charge in [0.2, 0.25) is 0 Å². The summed E-state index contributed by atoms with van der Waals surface area (Å²) in [4.78, 5) is 14.1. The molecule has 2 aliphatic heterocycles. The van der Waals surface area contributed by atoms with Crippen LogP contribution < -0.4 is 5.32 Å². The summed E-state index contributed by atoms with van der Waals surface area (Å²) in [5.74, 6) is 2.47. The summed E-state index contributed by atoms with van der Waals surface area (Å²) in [5, 5.41) is 3.45. The average Bonchev–Trinajstić information content (AvgIpc) is 2.47. The molecule has 0 atom stereocenters. The molecule has 0 aromatic rings. The lowest BCUT2D eigenvalue weighted by Gasteiger charge is -2.33. The SMILES string of the molecule is CC(C)C(=O)CN1CCC(CCC2CCNCC2)CC1. The van der Waals surface area contributed by atoms with E-state index in [0.717, 1.165) is 24.9 Å². The van der Waals surface area contributed by atoms with E-state index in [-0.39, 0.29) is 5.92 Å². The van der Waals surface area contributed by atoms with Crippen LogP contribution in [0.1, 0.15) is 52.4 Å². The van der Waals surface area contributed by atoms with Crippen LogP contribution in [-0.4, -0.2) is 43.4 Å². The average molecular weight is 280 g/mol. The fourth-order valence-corrected chi connectivity index (χ4v) is 3.48. The largest absolute Gasteiger partial charge is 0.317 e. The van der Waals surface area contributed by atoms with Crippen molar-refractivity contribution >= 4 is 5.78 Å². The highest BCUT2D eigenvalue weighted by Crippen LogP contribution is 2.26. The topological polar surface area (TPSA) is 32.3 Å². The van der Waals surface area contributed by atoms with Gasteiger partial charge in [-0.2, -0.15) is 0 Å². The van der Waals surface area contributed by atoms with Gasteiger partial charge in [0.05, 0.1) is 6.54 Å². The highest BCUT2D eigenvalue weighted by Gasteiger charge is 2.22. The number of carbonyl (C=O) groups is 1. The number of rotatable bonds is 6. The van der Waals surface area contributed by atoms with Crippen molar-refractivity contribution in [2.75, 3.05) is 32.7 Å². The molecule has 2 fully saturated rings. The monoisotopic (exact) mass is 280 g/mol. The second-order valence-corrected chi connectivity index (χ2v) is 7.11. The molecule has 0 aromatic carbocycles. The molecule has 0 aliphatic carbocycles. The molecule has 3 heteroatoms. The van der Waals surface area contributed by atoms with Crippen LogP contribution in [0.5, 0.6) is 0 Å². The van der Waals surface area contributed by atoms with E-state index < -0.39 is 0 Å². The molecule has 3 nitrogen and oxygen atoms in total. The van der Waals surface area contributed by atoms with Crippen LogP contribution in [0.4, 0.5) is 0 Å². The Morgan fingerprint density at radius 3 is 2.15 bits per heavy atom. The molecule has 0 saturated carbocycles. The van der Waals surface area contributed by atoms with Gasteiger partial charge < -0.3 is 5.32 Å². The van der Waals surface area contributed by atoms with Crippen molar-refractivity contribution in [3.63, 3.8) is 0 Å². The van der Waals surface area contributed by atoms with Crippen LogP contribution in [0.2, 0.25) is 0 Å². The van der Waals surface area contributed by atoms with Gasteiger partial charge in [0, 0.05) is 5.92 Å². The molecule has 2 saturated heterocycles. The summed E-state index contributed by atoms with van der Waals surface area (Å²) < 4.78 is 0. The number of Topliss-reactive ketones (excluding diaryl/α,β-unsaturated/α-hetero) is 1. The lowest BCUT2D eigenvalue weighted by molar-refractivity contribution is -0.123. The predicted octanol–water partition coefficient (Wildman–Crippen LogP) is 2.70. The molecule has 0 unspecified atom stereocenters. The number of nitrogens with one attached hydrogen (secondary N) is 1. The Morgan fingerprint density at radius 2 is 1.60 bits per heavy atom. The molecule has 0 aromatic heterocycles. The number of hydrogen-bond donors (Lipinski definition) is 1. The van der Waals surface area contributed by atoms with E-state index in [9.17, 15) is 4.79 Å². The van der Waals surface area contributed by atoms with Crippen LogP contribution >= 0.6 is 0 Å². The first kappa shape index (κ1) is 16.0. The zero-order chi connectivity index (χ0) is 14.4. The standard InChI is InChI=1S/C17H32N2O/c1-14(2)17(20)13-19-11-7-16(8-12-19)4-3-15-5-9-18-10-6-15/h14-16,18H,3-13H2,1-2H3. The summed E-state index contributed by atoms with van der Waals surface area (Å²) in [6.07, 6.45) is 8.20. The normalized spacial score (nSPS) is 23.4. The maximum absolute atomic E-state index is 11.8. The molecule has 0 spiro atoms. The Hall–Kier alpha value is -0.410. The van der Waals surface area contributed by atoms with Gasteiger partial charge in [-0.3, -0.25) is 9.69 Å². The number of nitrogens with zero attached hydrogens (tertiary/aromatic N) is 1. The second-order valence-electron chi connectivity index (χ2n) is 7.11. The molecule has 0 radical (unpaired) electrons. The van der Waals surface area contributed by atoms with E-state index in [1.54, 1.807) is 0 Å². The Labute approximate surface area is 124 Å². The van der Waals surface area contributed by atoms with Gasteiger partial charge >= 0.3 is 0 Å². The van der Waals surface area contributed by atoms with E-state index in [4.69, 9.17) is 0 Å². The molecule has 0 bridgehead atoms. The summed E-state index contributed by atoms with van der Waals surface area (Å²) in [5.41, 5.74) is 0. The molecule has 2 rings (SSSR count). The highest BCUT2D eigenvalue weighted by molar-refractivity contribution is 5.82. The number of likely N-dealkylation sites (tertiary alicyclic amines) is 1. The Morgan fingerprint density at radius 1 is 1.05 bits per heavy atom. The van der Waals surface area contributed by atoms with Crippen LogP contribution in [0.25, 0.3) is 0 Å².